The van der Waals surface area contributed by atoms with Gasteiger partial charge in [-0.25, -0.2) is 0 Å². The number of rotatable bonds is 4. The lowest BCUT2D eigenvalue weighted by Crippen LogP contribution is -2.39. The summed E-state index contributed by atoms with van der Waals surface area (Å²) >= 11 is 0. The summed E-state index contributed by atoms with van der Waals surface area (Å²) in [6.07, 6.45) is 3.81. The van der Waals surface area contributed by atoms with Crippen molar-refractivity contribution in [2.24, 2.45) is 0 Å². The Kier molecular flexibility index (Phi) is 4.13. The van der Waals surface area contributed by atoms with Crippen molar-refractivity contribution >= 4 is 17.3 Å². The molecule has 1 heterocycles. The van der Waals surface area contributed by atoms with Crippen molar-refractivity contribution in [2.75, 3.05) is 24.3 Å². The fourth-order valence-corrected chi connectivity index (χ4v) is 1.74. The van der Waals surface area contributed by atoms with Crippen LogP contribution in [0.5, 0.6) is 0 Å². The molecule has 0 saturated carbocycles. The molecule has 0 fully saturated rings. The zero-order chi connectivity index (χ0) is 13.7. The molecule has 2 rings (SSSR count). The number of benzene rings is 1. The van der Waals surface area contributed by atoms with Crippen LogP contribution in [0.2, 0.25) is 0 Å². The van der Waals surface area contributed by atoms with E-state index in [2.05, 4.69) is 5.32 Å². The Morgan fingerprint density at radius 2 is 1.74 bits per heavy atom. The van der Waals surface area contributed by atoms with Gasteiger partial charge < -0.3 is 10.2 Å². The van der Waals surface area contributed by atoms with Crippen molar-refractivity contribution in [3.63, 3.8) is 0 Å². The van der Waals surface area contributed by atoms with Crippen molar-refractivity contribution < 1.29 is 9.36 Å². The third kappa shape index (κ3) is 3.81. The van der Waals surface area contributed by atoms with E-state index < -0.39 is 0 Å². The predicted molar refractivity (Wildman–Crippen MR) is 76.0 cm³/mol. The van der Waals surface area contributed by atoms with Gasteiger partial charge in [0.15, 0.2) is 12.4 Å². The minimum atomic E-state index is -0.0335. The van der Waals surface area contributed by atoms with E-state index in [1.807, 2.05) is 78.4 Å². The number of para-hydroxylation sites is 1. The minimum absolute atomic E-state index is 0.0335. The summed E-state index contributed by atoms with van der Waals surface area (Å²) in [7, 11) is 3.98. The first-order valence-corrected chi connectivity index (χ1v) is 6.16. The normalized spacial score (nSPS) is 10.0. The quantitative estimate of drug-likeness (QED) is 0.845. The van der Waals surface area contributed by atoms with Crippen LogP contribution in [-0.2, 0) is 11.3 Å². The number of hydrogen-bond acceptors (Lipinski definition) is 2. The number of anilines is 2. The van der Waals surface area contributed by atoms with Crippen LogP contribution < -0.4 is 14.8 Å². The van der Waals surface area contributed by atoms with Crippen LogP contribution in [0.1, 0.15) is 0 Å². The van der Waals surface area contributed by atoms with Crippen LogP contribution in [0, 0.1) is 0 Å². The van der Waals surface area contributed by atoms with E-state index in [0.717, 1.165) is 11.4 Å². The van der Waals surface area contributed by atoms with Gasteiger partial charge in [0.1, 0.15) is 0 Å². The number of hydrogen-bond donors (Lipinski definition) is 1. The molecule has 0 radical (unpaired) electrons. The fraction of sp³-hybridized carbons (Fsp3) is 0.200. The van der Waals surface area contributed by atoms with Gasteiger partial charge in [0, 0.05) is 37.6 Å². The van der Waals surface area contributed by atoms with Crippen molar-refractivity contribution in [2.45, 2.75) is 6.54 Å². The van der Waals surface area contributed by atoms with E-state index >= 15 is 0 Å². The highest BCUT2D eigenvalue weighted by Gasteiger charge is 2.09. The zero-order valence-electron chi connectivity index (χ0n) is 11.2. The number of carbonyl (C=O) groups excluding carboxylic acids is 1. The van der Waals surface area contributed by atoms with E-state index in [9.17, 15) is 4.79 Å². The maximum atomic E-state index is 11.9. The van der Waals surface area contributed by atoms with Gasteiger partial charge in [0.2, 0.25) is 6.54 Å². The highest BCUT2D eigenvalue weighted by Crippen LogP contribution is 2.06. The lowest BCUT2D eigenvalue weighted by molar-refractivity contribution is -0.684. The third-order valence-corrected chi connectivity index (χ3v) is 2.77. The molecule has 4 nitrogen and oxygen atoms in total. The SMILES string of the molecule is CN(C)c1cc[n+](CC(=O)Nc2ccccc2)cc1. The molecule has 0 unspecified atom stereocenters. The lowest BCUT2D eigenvalue weighted by Gasteiger charge is -2.10. The van der Waals surface area contributed by atoms with Gasteiger partial charge in [-0.05, 0) is 12.1 Å². The summed E-state index contributed by atoms with van der Waals surface area (Å²) in [6, 6.07) is 13.4. The van der Waals surface area contributed by atoms with Crippen molar-refractivity contribution in [3.05, 3.63) is 54.9 Å². The summed E-state index contributed by atoms with van der Waals surface area (Å²) in [6.45, 7) is 0.308. The molecule has 1 amide bonds. The zero-order valence-corrected chi connectivity index (χ0v) is 11.2. The molecule has 19 heavy (non-hydrogen) atoms. The van der Waals surface area contributed by atoms with Crippen LogP contribution in [-0.4, -0.2) is 20.0 Å². The first-order valence-electron chi connectivity index (χ1n) is 6.16. The summed E-state index contributed by atoms with van der Waals surface area (Å²) in [5, 5.41) is 2.86. The molecule has 1 aromatic heterocycles. The van der Waals surface area contributed by atoms with Crippen LogP contribution in [0.3, 0.4) is 0 Å². The van der Waals surface area contributed by atoms with Gasteiger partial charge in [-0.2, -0.15) is 4.57 Å². The molecule has 1 N–H and O–H groups in total. The Balaban J connectivity index is 1.95. The maximum Gasteiger partial charge on any atom is 0.290 e. The molecule has 2 aromatic rings. The summed E-state index contributed by atoms with van der Waals surface area (Å²) in [4.78, 5) is 13.9. The maximum absolute atomic E-state index is 11.9. The smallest absolute Gasteiger partial charge is 0.290 e. The highest BCUT2D eigenvalue weighted by molar-refractivity contribution is 5.89. The van der Waals surface area contributed by atoms with E-state index in [1.54, 1.807) is 0 Å². The molecule has 0 atom stereocenters. The Bertz CT molecular complexity index is 535. The average Bonchev–Trinajstić information content (AvgIpc) is 2.40. The number of aromatic nitrogens is 1. The van der Waals surface area contributed by atoms with Gasteiger partial charge in [0.25, 0.3) is 5.91 Å². The molecular weight excluding hydrogens is 238 g/mol. The van der Waals surface area contributed by atoms with E-state index in [1.165, 1.54) is 0 Å². The standard InChI is InChI=1S/C15H17N3O/c1-17(2)14-8-10-18(11-9-14)12-15(19)16-13-6-4-3-5-7-13/h3-11H,12H2,1-2H3/p+1. The molecule has 0 aliphatic heterocycles. The number of pyridine rings is 1. The van der Waals surface area contributed by atoms with Gasteiger partial charge in [-0.3, -0.25) is 4.79 Å². The van der Waals surface area contributed by atoms with Crippen LogP contribution >= 0.6 is 0 Å². The van der Waals surface area contributed by atoms with Crippen molar-refractivity contribution in [1.29, 1.82) is 0 Å². The average molecular weight is 256 g/mol. The van der Waals surface area contributed by atoms with Crippen LogP contribution in [0.4, 0.5) is 11.4 Å². The molecule has 0 bridgehead atoms. The molecule has 1 aromatic carbocycles. The van der Waals surface area contributed by atoms with Gasteiger partial charge >= 0.3 is 0 Å². The summed E-state index contributed by atoms with van der Waals surface area (Å²) < 4.78 is 1.85. The molecule has 0 saturated heterocycles. The number of nitrogens with zero attached hydrogens (tertiary/aromatic N) is 2. The summed E-state index contributed by atoms with van der Waals surface area (Å²) in [5.74, 6) is -0.0335. The van der Waals surface area contributed by atoms with Gasteiger partial charge in [-0.1, -0.05) is 18.2 Å². The predicted octanol–water partition coefficient (Wildman–Crippen LogP) is 1.68. The fourth-order valence-electron chi connectivity index (χ4n) is 1.74. The molecule has 0 aliphatic rings. The first-order chi connectivity index (χ1) is 9.15. The second-order valence-electron chi connectivity index (χ2n) is 4.54. The molecule has 0 spiro atoms. The second-order valence-corrected chi connectivity index (χ2v) is 4.54. The Labute approximate surface area is 113 Å². The number of carbonyl (C=O) groups is 1. The lowest BCUT2D eigenvalue weighted by atomic mass is 10.3. The van der Waals surface area contributed by atoms with Crippen molar-refractivity contribution in [3.8, 4) is 0 Å². The van der Waals surface area contributed by atoms with E-state index in [0.29, 0.717) is 6.54 Å². The third-order valence-electron chi connectivity index (χ3n) is 2.77. The Hall–Kier alpha value is -2.36. The number of amides is 1. The molecule has 0 aliphatic carbocycles. The second kappa shape index (κ2) is 6.00. The largest absolute Gasteiger partial charge is 0.377 e. The van der Waals surface area contributed by atoms with Gasteiger partial charge in [-0.15, -0.1) is 0 Å². The van der Waals surface area contributed by atoms with Gasteiger partial charge in [0.05, 0.1) is 0 Å². The van der Waals surface area contributed by atoms with Crippen LogP contribution in [0.25, 0.3) is 0 Å². The van der Waals surface area contributed by atoms with Crippen LogP contribution in [0.15, 0.2) is 54.9 Å². The molecular formula is C15H18N3O+. The van der Waals surface area contributed by atoms with E-state index in [-0.39, 0.29) is 5.91 Å². The molecule has 4 heteroatoms. The Morgan fingerprint density at radius 1 is 1.11 bits per heavy atom. The Morgan fingerprint density at radius 3 is 2.32 bits per heavy atom. The highest BCUT2D eigenvalue weighted by atomic mass is 16.1. The monoisotopic (exact) mass is 256 g/mol. The minimum Gasteiger partial charge on any atom is -0.377 e. The van der Waals surface area contributed by atoms with E-state index in [4.69, 9.17) is 0 Å². The first kappa shape index (κ1) is 13.1. The molecule has 98 valence electrons. The van der Waals surface area contributed by atoms with Crippen molar-refractivity contribution in [1.82, 2.24) is 0 Å². The number of nitrogens with one attached hydrogen (secondary N) is 1. The summed E-state index contributed by atoms with van der Waals surface area (Å²) in [5.41, 5.74) is 1.93. The topological polar surface area (TPSA) is 36.2 Å².